The molecule has 6 nitrogen and oxygen atoms in total. The summed E-state index contributed by atoms with van der Waals surface area (Å²) in [5.74, 6) is 1.39. The number of H-pyrrole nitrogens is 1. The van der Waals surface area contributed by atoms with E-state index in [2.05, 4.69) is 83.7 Å². The Hall–Kier alpha value is -3.35. The van der Waals surface area contributed by atoms with Crippen molar-refractivity contribution in [3.63, 3.8) is 0 Å². The average molecular weight is 528 g/mol. The van der Waals surface area contributed by atoms with E-state index in [0.29, 0.717) is 12.5 Å². The summed E-state index contributed by atoms with van der Waals surface area (Å²) >= 11 is 0. The minimum absolute atomic E-state index is 0.110. The van der Waals surface area contributed by atoms with Crippen molar-refractivity contribution >= 4 is 16.7 Å². The number of fused-ring (bicyclic) bond motifs is 1. The van der Waals surface area contributed by atoms with Crippen molar-refractivity contribution in [2.45, 2.75) is 65.1 Å². The van der Waals surface area contributed by atoms with E-state index in [9.17, 15) is 0 Å². The molecule has 0 aliphatic carbocycles. The molecule has 2 saturated heterocycles. The molecule has 5 rings (SSSR count). The van der Waals surface area contributed by atoms with E-state index < -0.39 is 0 Å². The van der Waals surface area contributed by atoms with Crippen LogP contribution in [0.1, 0.15) is 57.7 Å². The van der Waals surface area contributed by atoms with Crippen LogP contribution in [0.4, 0.5) is 0 Å². The molecule has 3 aliphatic rings. The molecule has 0 radical (unpaired) electrons. The van der Waals surface area contributed by atoms with Crippen molar-refractivity contribution in [1.82, 2.24) is 20.5 Å². The topological polar surface area (TPSA) is 64.7 Å². The molecule has 208 valence electrons. The van der Waals surface area contributed by atoms with Gasteiger partial charge in [-0.1, -0.05) is 83.6 Å². The number of aromatic nitrogens is 1. The van der Waals surface area contributed by atoms with Gasteiger partial charge in [0.05, 0.1) is 23.6 Å². The second-order valence-corrected chi connectivity index (χ2v) is 10.8. The Bertz CT molecular complexity index is 1260. The molecule has 3 aliphatic heterocycles. The van der Waals surface area contributed by atoms with Crippen LogP contribution in [-0.2, 0) is 17.8 Å². The van der Waals surface area contributed by atoms with Gasteiger partial charge in [-0.2, -0.15) is 0 Å². The summed E-state index contributed by atoms with van der Waals surface area (Å²) in [4.78, 5) is 10.4. The number of hydrogen-bond acceptors (Lipinski definition) is 4. The Morgan fingerprint density at radius 1 is 1.23 bits per heavy atom. The molecule has 39 heavy (non-hydrogen) atoms. The fourth-order valence-electron chi connectivity index (χ4n) is 5.29. The van der Waals surface area contributed by atoms with Crippen LogP contribution in [-0.4, -0.2) is 41.0 Å². The highest BCUT2D eigenvalue weighted by Gasteiger charge is 2.49. The molecule has 1 aromatic heterocycles. The smallest absolute Gasteiger partial charge is 0.130 e. The highest BCUT2D eigenvalue weighted by molar-refractivity contribution is 5.95. The number of aliphatic imine (C=N–C) groups is 1. The summed E-state index contributed by atoms with van der Waals surface area (Å²) in [6.45, 7) is 19.3. The van der Waals surface area contributed by atoms with E-state index >= 15 is 0 Å². The van der Waals surface area contributed by atoms with Crippen molar-refractivity contribution in [3.8, 4) is 0 Å². The van der Waals surface area contributed by atoms with Gasteiger partial charge in [-0.05, 0) is 41.7 Å². The SMILES string of the molecule is C=CN=C1\C=C/C=C\C=C(\C(=C)NCc2ccc3cc(CN4CCC5(C4)OCC5C)[nH]c3c2)N1.CCCCC. The normalized spacial score (nSPS) is 26.4. The van der Waals surface area contributed by atoms with E-state index in [0.717, 1.165) is 49.9 Å². The Kier molecular flexibility index (Phi) is 10.0. The van der Waals surface area contributed by atoms with Crippen LogP contribution in [0.15, 0.2) is 90.4 Å². The van der Waals surface area contributed by atoms with Crippen molar-refractivity contribution in [3.05, 3.63) is 96.7 Å². The molecular formula is C33H45N5O. The molecule has 2 fully saturated rings. The third kappa shape index (κ3) is 7.40. The Labute approximate surface area is 234 Å². The first-order valence-corrected chi connectivity index (χ1v) is 14.4. The van der Waals surface area contributed by atoms with E-state index in [1.165, 1.54) is 47.6 Å². The summed E-state index contributed by atoms with van der Waals surface area (Å²) in [5, 5.41) is 7.97. The summed E-state index contributed by atoms with van der Waals surface area (Å²) in [6, 6.07) is 8.84. The molecule has 2 atom stereocenters. The molecule has 1 aromatic carbocycles. The van der Waals surface area contributed by atoms with Gasteiger partial charge in [-0.25, -0.2) is 4.99 Å². The van der Waals surface area contributed by atoms with E-state index in [1.54, 1.807) is 0 Å². The van der Waals surface area contributed by atoms with Crippen molar-refractivity contribution in [2.75, 3.05) is 19.7 Å². The fourth-order valence-corrected chi connectivity index (χ4v) is 5.29. The monoisotopic (exact) mass is 527 g/mol. The lowest BCUT2D eigenvalue weighted by Gasteiger charge is -2.45. The second kappa shape index (κ2) is 13.6. The number of benzene rings is 1. The van der Waals surface area contributed by atoms with Gasteiger partial charge in [0, 0.05) is 49.5 Å². The zero-order valence-corrected chi connectivity index (χ0v) is 23.9. The highest BCUT2D eigenvalue weighted by Crippen LogP contribution is 2.41. The fraction of sp³-hybridized carbons (Fsp3) is 0.424. The number of amidine groups is 1. The number of hydrogen-bond donors (Lipinski definition) is 3. The number of allylic oxidation sites excluding steroid dienone is 4. The molecule has 6 heteroatoms. The van der Waals surface area contributed by atoms with Gasteiger partial charge in [0.1, 0.15) is 5.84 Å². The molecule has 0 bridgehead atoms. The molecule has 3 N–H and O–H groups in total. The van der Waals surface area contributed by atoms with Crippen molar-refractivity contribution in [2.24, 2.45) is 10.9 Å². The lowest BCUT2D eigenvalue weighted by molar-refractivity contribution is -0.188. The molecule has 2 aromatic rings. The van der Waals surface area contributed by atoms with Gasteiger partial charge >= 0.3 is 0 Å². The number of unbranched alkanes of at least 4 members (excludes halogenated alkanes) is 2. The largest absolute Gasteiger partial charge is 0.380 e. The van der Waals surface area contributed by atoms with Gasteiger partial charge in [0.25, 0.3) is 0 Å². The predicted molar refractivity (Wildman–Crippen MR) is 164 cm³/mol. The second-order valence-electron chi connectivity index (χ2n) is 10.8. The van der Waals surface area contributed by atoms with Crippen LogP contribution in [0.25, 0.3) is 10.9 Å². The molecule has 0 saturated carbocycles. The molecular weight excluding hydrogens is 482 g/mol. The highest BCUT2D eigenvalue weighted by atomic mass is 16.5. The molecule has 1 spiro atoms. The van der Waals surface area contributed by atoms with Crippen LogP contribution in [0.3, 0.4) is 0 Å². The van der Waals surface area contributed by atoms with Crippen molar-refractivity contribution in [1.29, 1.82) is 0 Å². The van der Waals surface area contributed by atoms with E-state index in [4.69, 9.17) is 4.74 Å². The van der Waals surface area contributed by atoms with Gasteiger partial charge in [0.2, 0.25) is 0 Å². The van der Waals surface area contributed by atoms with Crippen LogP contribution >= 0.6 is 0 Å². The van der Waals surface area contributed by atoms with Gasteiger partial charge in [-0.3, -0.25) is 4.90 Å². The number of nitrogens with zero attached hydrogens (tertiary/aromatic N) is 2. The lowest BCUT2D eigenvalue weighted by Crippen LogP contribution is -2.53. The van der Waals surface area contributed by atoms with Crippen molar-refractivity contribution < 1.29 is 4.74 Å². The summed E-state index contributed by atoms with van der Waals surface area (Å²) in [6.07, 6.45) is 16.5. The number of rotatable bonds is 9. The number of ether oxygens (including phenoxy) is 1. The van der Waals surface area contributed by atoms with E-state index in [-0.39, 0.29) is 5.60 Å². The van der Waals surface area contributed by atoms with Gasteiger partial charge < -0.3 is 20.4 Å². The minimum atomic E-state index is 0.110. The van der Waals surface area contributed by atoms with Crippen LogP contribution in [0, 0.1) is 5.92 Å². The standard InChI is InChI=1S/C28H33N5O.C5H12/c1-4-29-27-9-7-5-6-8-25(32-27)21(3)30-16-22-10-11-23-15-24(31-26(23)14-22)17-33-13-12-28(19-33)20(2)18-34-28;1-3-5-4-2/h4-11,14-15,20,30-31H,1,3,12-13,16-19H2,2H3,(H,29,32);3-5H2,1-2H3. The third-order valence-corrected chi connectivity index (χ3v) is 7.77. The first kappa shape index (κ1) is 28.7. The maximum absolute atomic E-state index is 5.96. The first-order chi connectivity index (χ1) is 19.0. The lowest BCUT2D eigenvalue weighted by atomic mass is 9.83. The van der Waals surface area contributed by atoms with Crippen LogP contribution < -0.4 is 10.6 Å². The summed E-state index contributed by atoms with van der Waals surface area (Å²) in [5.41, 5.74) is 5.40. The zero-order chi connectivity index (χ0) is 27.7. The third-order valence-electron chi connectivity index (χ3n) is 7.77. The van der Waals surface area contributed by atoms with E-state index in [1.807, 2.05) is 30.4 Å². The molecule has 4 heterocycles. The quantitative estimate of drug-likeness (QED) is 0.339. The van der Waals surface area contributed by atoms with Gasteiger partial charge in [-0.15, -0.1) is 0 Å². The number of nitrogens with one attached hydrogen (secondary N) is 3. The molecule has 2 unspecified atom stereocenters. The Balaban J connectivity index is 0.000000648. The Morgan fingerprint density at radius 2 is 2.08 bits per heavy atom. The minimum Gasteiger partial charge on any atom is -0.380 e. The maximum atomic E-state index is 5.96. The predicted octanol–water partition coefficient (Wildman–Crippen LogP) is 6.72. The summed E-state index contributed by atoms with van der Waals surface area (Å²) < 4.78 is 5.96. The van der Waals surface area contributed by atoms with Crippen LogP contribution in [0.5, 0.6) is 0 Å². The Morgan fingerprint density at radius 3 is 2.74 bits per heavy atom. The first-order valence-electron chi connectivity index (χ1n) is 14.4. The number of aromatic amines is 1. The summed E-state index contributed by atoms with van der Waals surface area (Å²) in [7, 11) is 0. The van der Waals surface area contributed by atoms with Crippen LogP contribution in [0.2, 0.25) is 0 Å². The molecule has 0 amide bonds. The maximum Gasteiger partial charge on any atom is 0.130 e. The average Bonchev–Trinajstić information content (AvgIpc) is 3.54. The van der Waals surface area contributed by atoms with Gasteiger partial charge in [0.15, 0.2) is 0 Å². The zero-order valence-electron chi connectivity index (χ0n) is 23.9. The number of likely N-dealkylation sites (tertiary alicyclic amines) is 1.